The van der Waals surface area contributed by atoms with Crippen molar-refractivity contribution in [3.8, 4) is 0 Å². The molecule has 1 aliphatic heterocycles. The van der Waals surface area contributed by atoms with Crippen molar-refractivity contribution in [3.63, 3.8) is 0 Å². The van der Waals surface area contributed by atoms with Crippen LogP contribution >= 0.6 is 0 Å². The molecule has 3 rings (SSSR count). The maximum atomic E-state index is 13.3. The van der Waals surface area contributed by atoms with Gasteiger partial charge in [0.2, 0.25) is 11.8 Å². The molecule has 0 saturated carbocycles. The van der Waals surface area contributed by atoms with E-state index in [2.05, 4.69) is 15.7 Å². The smallest absolute Gasteiger partial charge is 0.269 e. The van der Waals surface area contributed by atoms with Crippen LogP contribution in [0.2, 0.25) is 0 Å². The molecule has 1 unspecified atom stereocenters. The van der Waals surface area contributed by atoms with Gasteiger partial charge in [-0.25, -0.2) is 13.8 Å². The third-order valence-corrected chi connectivity index (χ3v) is 4.59. The van der Waals surface area contributed by atoms with E-state index in [9.17, 15) is 23.2 Å². The van der Waals surface area contributed by atoms with Crippen molar-refractivity contribution < 1.29 is 23.2 Å². The lowest BCUT2D eigenvalue weighted by Crippen LogP contribution is -2.48. The molecule has 30 heavy (non-hydrogen) atoms. The molecule has 2 N–H and O–H groups in total. The number of likely N-dealkylation sites (N-methyl/N-ethyl adjacent to an activating group) is 1. The van der Waals surface area contributed by atoms with Gasteiger partial charge < -0.3 is 10.6 Å². The molecule has 2 aromatic carbocycles. The minimum Gasteiger partial charge on any atom is -0.344 e. The number of nitrogens with zero attached hydrogens (tertiary/aromatic N) is 2. The first kappa shape index (κ1) is 21.1. The summed E-state index contributed by atoms with van der Waals surface area (Å²) in [5, 5.41) is 10.3. The van der Waals surface area contributed by atoms with Crippen molar-refractivity contribution in [2.45, 2.75) is 25.4 Å². The quantitative estimate of drug-likeness (QED) is 0.780. The second kappa shape index (κ2) is 8.81. The molecule has 0 radical (unpaired) electrons. The molecular weight excluding hydrogens is 394 g/mol. The van der Waals surface area contributed by atoms with Crippen molar-refractivity contribution in [2.75, 3.05) is 7.05 Å². The Bertz CT molecular complexity index is 1000. The number of halogens is 2. The number of hydrogen-bond acceptors (Lipinski definition) is 4. The summed E-state index contributed by atoms with van der Waals surface area (Å²) in [6.07, 6.45) is 1.23. The van der Waals surface area contributed by atoms with E-state index in [1.165, 1.54) is 20.2 Å². The fourth-order valence-corrected chi connectivity index (χ4v) is 3.08. The van der Waals surface area contributed by atoms with E-state index in [-0.39, 0.29) is 12.0 Å². The van der Waals surface area contributed by atoms with Crippen LogP contribution < -0.4 is 10.6 Å². The summed E-state index contributed by atoms with van der Waals surface area (Å²) in [6.45, 7) is 1.45. The van der Waals surface area contributed by atoms with Crippen LogP contribution in [0, 0.1) is 11.6 Å². The highest BCUT2D eigenvalue weighted by molar-refractivity contribution is 5.96. The molecule has 2 aromatic rings. The van der Waals surface area contributed by atoms with E-state index >= 15 is 0 Å². The van der Waals surface area contributed by atoms with Gasteiger partial charge in [0.25, 0.3) is 5.91 Å². The van der Waals surface area contributed by atoms with Gasteiger partial charge in [0.05, 0.1) is 12.6 Å². The third kappa shape index (κ3) is 4.86. The molecule has 0 bridgehead atoms. The summed E-state index contributed by atoms with van der Waals surface area (Å²) in [7, 11) is 1.48. The molecule has 3 amide bonds. The van der Waals surface area contributed by atoms with E-state index in [1.54, 1.807) is 24.3 Å². The van der Waals surface area contributed by atoms with Gasteiger partial charge in [0, 0.05) is 18.7 Å². The SMILES string of the molecule is C[C@H](NC(=O)Cc1cc(F)cc(F)c1)C(=O)NC1C(=O)N(C)N=Cc2ccccc21. The maximum absolute atomic E-state index is 13.3. The van der Waals surface area contributed by atoms with Gasteiger partial charge in [-0.3, -0.25) is 14.4 Å². The normalized spacial score (nSPS) is 16.5. The van der Waals surface area contributed by atoms with Gasteiger partial charge in [-0.05, 0) is 30.2 Å². The zero-order valence-electron chi connectivity index (χ0n) is 16.4. The lowest BCUT2D eigenvalue weighted by atomic mass is 10.00. The van der Waals surface area contributed by atoms with Crippen molar-refractivity contribution >= 4 is 23.9 Å². The minimum absolute atomic E-state index is 0.143. The second-order valence-corrected chi connectivity index (χ2v) is 6.92. The van der Waals surface area contributed by atoms with Gasteiger partial charge >= 0.3 is 0 Å². The minimum atomic E-state index is -0.981. The molecule has 9 heteroatoms. The molecule has 2 atom stereocenters. The van der Waals surface area contributed by atoms with Crippen LogP contribution in [0.1, 0.15) is 29.7 Å². The third-order valence-electron chi connectivity index (χ3n) is 4.59. The number of carbonyl (C=O) groups excluding carboxylic acids is 3. The standard InChI is InChI=1S/C21H20F2N4O3/c1-12(25-18(28)9-13-7-15(22)10-16(23)8-13)20(29)26-19-17-6-4-3-5-14(17)11-24-27(2)21(19)30/h3-8,10-12,19H,9H2,1-2H3,(H,25,28)(H,26,29)/t12-,19?/m0/s1. The van der Waals surface area contributed by atoms with Crippen LogP contribution in [0.3, 0.4) is 0 Å². The Morgan fingerprint density at radius 3 is 2.53 bits per heavy atom. The van der Waals surface area contributed by atoms with Crippen LogP contribution in [0.5, 0.6) is 0 Å². The van der Waals surface area contributed by atoms with Crippen molar-refractivity contribution in [3.05, 3.63) is 70.8 Å². The summed E-state index contributed by atoms with van der Waals surface area (Å²) < 4.78 is 26.5. The fourth-order valence-electron chi connectivity index (χ4n) is 3.08. The summed E-state index contributed by atoms with van der Waals surface area (Å²) in [4.78, 5) is 37.4. The summed E-state index contributed by atoms with van der Waals surface area (Å²) in [6, 6.07) is 7.86. The number of fused-ring (bicyclic) bond motifs is 1. The van der Waals surface area contributed by atoms with Gasteiger partial charge in [-0.15, -0.1) is 0 Å². The maximum Gasteiger partial charge on any atom is 0.269 e. The molecule has 0 saturated heterocycles. The number of hydrazone groups is 1. The summed E-state index contributed by atoms with van der Waals surface area (Å²) >= 11 is 0. The summed E-state index contributed by atoms with van der Waals surface area (Å²) in [5.74, 6) is -3.19. The average molecular weight is 414 g/mol. The highest BCUT2D eigenvalue weighted by Gasteiger charge is 2.30. The average Bonchev–Trinajstić information content (AvgIpc) is 2.79. The Labute approximate surface area is 171 Å². The Hall–Kier alpha value is -3.62. The second-order valence-electron chi connectivity index (χ2n) is 6.92. The molecule has 156 valence electrons. The molecule has 1 aliphatic rings. The van der Waals surface area contributed by atoms with Crippen LogP contribution in [0.25, 0.3) is 0 Å². The fraction of sp³-hybridized carbons (Fsp3) is 0.238. The van der Waals surface area contributed by atoms with Gasteiger partial charge in [0.15, 0.2) is 0 Å². The Morgan fingerprint density at radius 1 is 1.17 bits per heavy atom. The Morgan fingerprint density at radius 2 is 1.83 bits per heavy atom. The number of amides is 3. The molecule has 0 aromatic heterocycles. The lowest BCUT2D eigenvalue weighted by Gasteiger charge is -2.22. The van der Waals surface area contributed by atoms with Gasteiger partial charge in [-0.2, -0.15) is 5.10 Å². The molecule has 0 fully saturated rings. The number of benzene rings is 2. The molecule has 0 aliphatic carbocycles. The largest absolute Gasteiger partial charge is 0.344 e. The zero-order valence-corrected chi connectivity index (χ0v) is 16.4. The number of nitrogens with one attached hydrogen (secondary N) is 2. The lowest BCUT2D eigenvalue weighted by molar-refractivity contribution is -0.136. The molecule has 7 nitrogen and oxygen atoms in total. The predicted molar refractivity (Wildman–Crippen MR) is 105 cm³/mol. The van der Waals surface area contributed by atoms with E-state index in [0.717, 1.165) is 17.1 Å². The van der Waals surface area contributed by atoms with Crippen LogP contribution in [0.15, 0.2) is 47.6 Å². The van der Waals surface area contributed by atoms with Crippen molar-refractivity contribution in [1.82, 2.24) is 15.6 Å². The monoisotopic (exact) mass is 414 g/mol. The van der Waals surface area contributed by atoms with E-state index in [0.29, 0.717) is 17.2 Å². The molecular formula is C21H20F2N4O3. The first-order valence-electron chi connectivity index (χ1n) is 9.20. The van der Waals surface area contributed by atoms with Crippen molar-refractivity contribution in [2.24, 2.45) is 5.10 Å². The van der Waals surface area contributed by atoms with Gasteiger partial charge in [-0.1, -0.05) is 24.3 Å². The number of hydrogen-bond donors (Lipinski definition) is 2. The van der Waals surface area contributed by atoms with E-state index in [4.69, 9.17) is 0 Å². The zero-order chi connectivity index (χ0) is 21.8. The highest BCUT2D eigenvalue weighted by Crippen LogP contribution is 2.22. The van der Waals surface area contributed by atoms with Crippen LogP contribution in [-0.4, -0.2) is 42.0 Å². The van der Waals surface area contributed by atoms with Gasteiger partial charge in [0.1, 0.15) is 23.7 Å². The number of carbonyl (C=O) groups is 3. The number of rotatable bonds is 5. The van der Waals surface area contributed by atoms with Crippen LogP contribution in [-0.2, 0) is 20.8 Å². The Balaban J connectivity index is 1.67. The molecule has 1 heterocycles. The predicted octanol–water partition coefficient (Wildman–Crippen LogP) is 1.68. The van der Waals surface area contributed by atoms with Crippen molar-refractivity contribution in [1.29, 1.82) is 0 Å². The van der Waals surface area contributed by atoms with Crippen LogP contribution in [0.4, 0.5) is 8.78 Å². The van der Waals surface area contributed by atoms with E-state index < -0.39 is 41.4 Å². The molecule has 0 spiro atoms. The Kier molecular flexibility index (Phi) is 6.20. The highest BCUT2D eigenvalue weighted by atomic mass is 19.1. The first-order valence-corrected chi connectivity index (χ1v) is 9.20. The topological polar surface area (TPSA) is 90.9 Å². The first-order chi connectivity index (χ1) is 14.2. The summed E-state index contributed by atoms with van der Waals surface area (Å²) in [5.41, 5.74) is 1.41. The van der Waals surface area contributed by atoms with E-state index in [1.807, 2.05) is 0 Å².